The van der Waals surface area contributed by atoms with Gasteiger partial charge in [0.15, 0.2) is 10.5 Å². The number of carbonyl (C=O) groups excluding carboxylic acids is 1. The fraction of sp³-hybridized carbons (Fsp3) is 0.600. The van der Waals surface area contributed by atoms with Crippen molar-refractivity contribution in [2.45, 2.75) is 4.84 Å². The third kappa shape index (κ3) is 2.54. The van der Waals surface area contributed by atoms with Crippen LogP contribution in [0.3, 0.4) is 0 Å². The number of nitrogens with zero attached hydrogens (tertiary/aromatic N) is 1. The van der Waals surface area contributed by atoms with E-state index in [2.05, 4.69) is 9.73 Å². The first-order chi connectivity index (χ1) is 4.63. The summed E-state index contributed by atoms with van der Waals surface area (Å²) < 4.78 is 4.33. The maximum absolute atomic E-state index is 10.7. The van der Waals surface area contributed by atoms with E-state index >= 15 is 0 Å². The Bertz CT molecular complexity index is 156. The molecule has 58 valence electrons. The number of ether oxygens (including phenoxy) is 1. The van der Waals surface area contributed by atoms with Gasteiger partial charge in [-0.2, -0.15) is 0 Å². The molecule has 0 N–H and O–H groups in total. The molecule has 0 aliphatic heterocycles. The van der Waals surface area contributed by atoms with Gasteiger partial charge in [-0.1, -0.05) is 23.2 Å². The summed E-state index contributed by atoms with van der Waals surface area (Å²) in [6, 6.07) is 0. The SMILES string of the molecule is CN=C(C(=O)OC)C(Cl)Cl. The molecule has 0 saturated heterocycles. The monoisotopic (exact) mass is 183 g/mol. The van der Waals surface area contributed by atoms with Gasteiger partial charge in [-0.05, 0) is 0 Å². The third-order valence-corrected chi connectivity index (χ3v) is 1.26. The van der Waals surface area contributed by atoms with Crippen molar-refractivity contribution in [1.82, 2.24) is 0 Å². The fourth-order valence-electron chi connectivity index (χ4n) is 0.383. The predicted molar refractivity (Wildman–Crippen MR) is 40.9 cm³/mol. The summed E-state index contributed by atoms with van der Waals surface area (Å²) in [6.07, 6.45) is 0. The molecule has 0 saturated carbocycles. The summed E-state index contributed by atoms with van der Waals surface area (Å²) in [5.41, 5.74) is 0.0193. The number of hydrogen-bond donors (Lipinski definition) is 0. The van der Waals surface area contributed by atoms with E-state index in [1.807, 2.05) is 0 Å². The van der Waals surface area contributed by atoms with E-state index in [9.17, 15) is 4.79 Å². The zero-order valence-corrected chi connectivity index (χ0v) is 7.11. The molecule has 0 atom stereocenters. The van der Waals surface area contributed by atoms with Crippen LogP contribution < -0.4 is 0 Å². The van der Waals surface area contributed by atoms with Crippen molar-refractivity contribution in [2.24, 2.45) is 4.99 Å². The average Bonchev–Trinajstić information content (AvgIpc) is 1.88. The Labute approximate surface area is 69.0 Å². The number of aliphatic imine (C=N–C) groups is 1. The largest absolute Gasteiger partial charge is 0.464 e. The lowest BCUT2D eigenvalue weighted by Crippen LogP contribution is -2.21. The minimum atomic E-state index is -0.919. The number of hydrogen-bond acceptors (Lipinski definition) is 3. The van der Waals surface area contributed by atoms with Crippen LogP contribution in [0.15, 0.2) is 4.99 Å². The summed E-state index contributed by atoms with van der Waals surface area (Å²) in [5, 5.41) is 0. The molecule has 0 aliphatic carbocycles. The van der Waals surface area contributed by atoms with E-state index in [-0.39, 0.29) is 5.71 Å². The molecule has 0 aromatic rings. The smallest absolute Gasteiger partial charge is 0.354 e. The van der Waals surface area contributed by atoms with E-state index in [0.29, 0.717) is 0 Å². The van der Waals surface area contributed by atoms with Gasteiger partial charge in [0.1, 0.15) is 0 Å². The number of methoxy groups -OCH3 is 1. The van der Waals surface area contributed by atoms with Gasteiger partial charge in [-0.3, -0.25) is 4.99 Å². The minimum absolute atomic E-state index is 0.0193. The van der Waals surface area contributed by atoms with Crippen molar-refractivity contribution in [3.05, 3.63) is 0 Å². The molecule has 5 heteroatoms. The number of rotatable bonds is 2. The highest BCUT2D eigenvalue weighted by Crippen LogP contribution is 2.05. The highest BCUT2D eigenvalue weighted by molar-refractivity contribution is 6.63. The molecule has 10 heavy (non-hydrogen) atoms. The predicted octanol–water partition coefficient (Wildman–Crippen LogP) is 1.03. The fourth-order valence-corrected chi connectivity index (χ4v) is 0.756. The van der Waals surface area contributed by atoms with Gasteiger partial charge in [-0.15, -0.1) is 0 Å². The molecule has 0 rings (SSSR count). The minimum Gasteiger partial charge on any atom is -0.464 e. The van der Waals surface area contributed by atoms with E-state index in [0.717, 1.165) is 0 Å². The molecule has 0 aromatic carbocycles. The first kappa shape index (κ1) is 9.72. The van der Waals surface area contributed by atoms with Crippen molar-refractivity contribution in [1.29, 1.82) is 0 Å². The van der Waals surface area contributed by atoms with Crippen LogP contribution in [0.5, 0.6) is 0 Å². The normalized spacial score (nSPS) is 11.9. The molecule has 0 bridgehead atoms. The van der Waals surface area contributed by atoms with Gasteiger partial charge in [0.05, 0.1) is 7.11 Å². The Hall–Kier alpha value is -0.280. The first-order valence-corrected chi connectivity index (χ1v) is 3.34. The molecule has 0 heterocycles. The molecule has 0 fully saturated rings. The van der Waals surface area contributed by atoms with Crippen molar-refractivity contribution in [3.8, 4) is 0 Å². The molecule has 0 aliphatic rings. The second-order valence-electron chi connectivity index (χ2n) is 1.40. The van der Waals surface area contributed by atoms with Gasteiger partial charge < -0.3 is 4.74 Å². The van der Waals surface area contributed by atoms with Crippen LogP contribution in [0.25, 0.3) is 0 Å². The number of esters is 1. The number of halogens is 2. The zero-order chi connectivity index (χ0) is 8.15. The Morgan fingerprint density at radius 1 is 1.60 bits per heavy atom. The molecule has 0 unspecified atom stereocenters. The molecule has 0 amide bonds. The first-order valence-electron chi connectivity index (χ1n) is 2.46. The van der Waals surface area contributed by atoms with Crippen LogP contribution in [0.1, 0.15) is 0 Å². The summed E-state index contributed by atoms with van der Waals surface area (Å²) >= 11 is 10.7. The molecular formula is C5H7Cl2NO2. The van der Waals surface area contributed by atoms with Crippen LogP contribution >= 0.6 is 23.2 Å². The zero-order valence-electron chi connectivity index (χ0n) is 5.60. The van der Waals surface area contributed by atoms with Crippen molar-refractivity contribution in [2.75, 3.05) is 14.2 Å². The molecule has 0 radical (unpaired) electrons. The van der Waals surface area contributed by atoms with Crippen LogP contribution in [0, 0.1) is 0 Å². The Kier molecular flexibility index (Phi) is 4.40. The summed E-state index contributed by atoms with van der Waals surface area (Å²) in [7, 11) is 2.66. The highest BCUT2D eigenvalue weighted by Gasteiger charge is 2.17. The van der Waals surface area contributed by atoms with E-state index in [4.69, 9.17) is 23.2 Å². The van der Waals surface area contributed by atoms with Crippen LogP contribution in [-0.4, -0.2) is 30.7 Å². The number of carbonyl (C=O) groups is 1. The van der Waals surface area contributed by atoms with Crippen LogP contribution in [-0.2, 0) is 9.53 Å². The Morgan fingerprint density at radius 2 is 2.10 bits per heavy atom. The van der Waals surface area contributed by atoms with Gasteiger partial charge in [0.25, 0.3) is 0 Å². The van der Waals surface area contributed by atoms with Gasteiger partial charge in [0.2, 0.25) is 0 Å². The van der Waals surface area contributed by atoms with Gasteiger partial charge in [0, 0.05) is 7.05 Å². The van der Waals surface area contributed by atoms with Crippen molar-refractivity contribution in [3.63, 3.8) is 0 Å². The molecule has 0 spiro atoms. The second-order valence-corrected chi connectivity index (χ2v) is 2.50. The quantitative estimate of drug-likeness (QED) is 0.365. The maximum Gasteiger partial charge on any atom is 0.354 e. The molecule has 3 nitrogen and oxygen atoms in total. The Morgan fingerprint density at radius 3 is 2.20 bits per heavy atom. The topological polar surface area (TPSA) is 38.7 Å². The highest BCUT2D eigenvalue weighted by atomic mass is 35.5. The van der Waals surface area contributed by atoms with E-state index < -0.39 is 10.8 Å². The third-order valence-electron chi connectivity index (χ3n) is 0.842. The second kappa shape index (κ2) is 4.52. The van der Waals surface area contributed by atoms with Crippen LogP contribution in [0.2, 0.25) is 0 Å². The van der Waals surface area contributed by atoms with Crippen LogP contribution in [0.4, 0.5) is 0 Å². The molecule has 0 aromatic heterocycles. The Balaban J connectivity index is 4.24. The van der Waals surface area contributed by atoms with Gasteiger partial charge >= 0.3 is 5.97 Å². The lowest BCUT2D eigenvalue weighted by Gasteiger charge is -2.01. The molecular weight excluding hydrogens is 177 g/mol. The standard InChI is InChI=1S/C5H7Cl2NO2/c1-8-3(4(6)7)5(9)10-2/h4H,1-2H3. The van der Waals surface area contributed by atoms with E-state index in [1.54, 1.807) is 0 Å². The lowest BCUT2D eigenvalue weighted by atomic mass is 10.4. The van der Waals surface area contributed by atoms with Crippen molar-refractivity contribution < 1.29 is 9.53 Å². The summed E-state index contributed by atoms with van der Waals surface area (Å²) in [6.45, 7) is 0. The lowest BCUT2D eigenvalue weighted by molar-refractivity contribution is -0.132. The average molecular weight is 184 g/mol. The van der Waals surface area contributed by atoms with E-state index in [1.165, 1.54) is 14.2 Å². The summed E-state index contributed by atoms with van der Waals surface area (Å²) in [5.74, 6) is -0.600. The maximum atomic E-state index is 10.7. The van der Waals surface area contributed by atoms with Gasteiger partial charge in [-0.25, -0.2) is 4.79 Å². The van der Waals surface area contributed by atoms with Crippen molar-refractivity contribution >= 4 is 34.9 Å². The number of alkyl halides is 2. The summed E-state index contributed by atoms with van der Waals surface area (Å²) in [4.78, 5) is 13.3.